The van der Waals surface area contributed by atoms with Crippen LogP contribution in [0, 0.1) is 17.5 Å². The molecule has 13 heteroatoms. The van der Waals surface area contributed by atoms with Gasteiger partial charge in [0, 0.05) is 25.2 Å². The van der Waals surface area contributed by atoms with Gasteiger partial charge in [0.25, 0.3) is 0 Å². The van der Waals surface area contributed by atoms with Crippen molar-refractivity contribution in [3.05, 3.63) is 58.4 Å². The standard InChI is InChI=1S/C23H24ClF3N4O4S/c1-23(2,34)9-13(31(3)21(32)28-10-12-5-4-6-14(24)19(12)27)11-35-22(33)30-20-29-17-7-15(25)16(26)8-18(17)36-20/h4-8,13,34H,9-11H2,1-3H3,(H,28,32)(H,29,30,33)/t13-/m0/s1. The number of aliphatic hydroxyl groups is 1. The Morgan fingerprint density at radius 2 is 1.94 bits per heavy atom. The lowest BCUT2D eigenvalue weighted by molar-refractivity contribution is 0.0277. The van der Waals surface area contributed by atoms with Crippen molar-refractivity contribution < 1.29 is 32.6 Å². The van der Waals surface area contributed by atoms with Gasteiger partial charge in [-0.05, 0) is 32.4 Å². The molecule has 1 heterocycles. The van der Waals surface area contributed by atoms with Gasteiger partial charge >= 0.3 is 12.1 Å². The van der Waals surface area contributed by atoms with Crippen LogP contribution in [0.15, 0.2) is 30.3 Å². The summed E-state index contributed by atoms with van der Waals surface area (Å²) in [6.07, 6.45) is -0.861. The second kappa shape index (κ2) is 11.3. The molecule has 3 amide bonds. The number of aromatic nitrogens is 1. The highest BCUT2D eigenvalue weighted by molar-refractivity contribution is 7.22. The van der Waals surface area contributed by atoms with E-state index in [0.29, 0.717) is 4.70 Å². The van der Waals surface area contributed by atoms with Crippen LogP contribution in [0.5, 0.6) is 0 Å². The smallest absolute Gasteiger partial charge is 0.413 e. The van der Waals surface area contributed by atoms with Crippen LogP contribution in [0.3, 0.4) is 0 Å². The fraction of sp³-hybridized carbons (Fsp3) is 0.348. The maximum absolute atomic E-state index is 14.1. The van der Waals surface area contributed by atoms with Crippen molar-refractivity contribution in [1.82, 2.24) is 15.2 Å². The molecule has 0 saturated carbocycles. The Morgan fingerprint density at radius 1 is 1.25 bits per heavy atom. The molecule has 0 unspecified atom stereocenters. The Morgan fingerprint density at radius 3 is 2.64 bits per heavy atom. The van der Waals surface area contributed by atoms with E-state index in [1.54, 1.807) is 6.07 Å². The number of thiazole rings is 1. The largest absolute Gasteiger partial charge is 0.447 e. The maximum atomic E-state index is 14.1. The second-order valence-corrected chi connectivity index (χ2v) is 10.1. The molecule has 0 aliphatic rings. The summed E-state index contributed by atoms with van der Waals surface area (Å²) in [6, 6.07) is 4.97. The average molecular weight is 545 g/mol. The van der Waals surface area contributed by atoms with E-state index in [-0.39, 0.29) is 40.8 Å². The van der Waals surface area contributed by atoms with Crippen molar-refractivity contribution in [3.63, 3.8) is 0 Å². The van der Waals surface area contributed by atoms with E-state index >= 15 is 0 Å². The quantitative estimate of drug-likeness (QED) is 0.358. The van der Waals surface area contributed by atoms with E-state index < -0.39 is 41.2 Å². The van der Waals surface area contributed by atoms with Crippen molar-refractivity contribution in [1.29, 1.82) is 0 Å². The number of hydrogen-bond acceptors (Lipinski definition) is 6. The van der Waals surface area contributed by atoms with Crippen molar-refractivity contribution in [3.8, 4) is 0 Å². The van der Waals surface area contributed by atoms with E-state index in [9.17, 15) is 27.9 Å². The highest BCUT2D eigenvalue weighted by Crippen LogP contribution is 2.28. The molecule has 1 aromatic heterocycles. The van der Waals surface area contributed by atoms with E-state index in [1.165, 1.54) is 37.9 Å². The van der Waals surface area contributed by atoms with Crippen LogP contribution >= 0.6 is 22.9 Å². The first kappa shape index (κ1) is 27.5. The Labute approximate surface area is 214 Å². The van der Waals surface area contributed by atoms with Crippen LogP contribution in [0.4, 0.5) is 27.9 Å². The molecule has 36 heavy (non-hydrogen) atoms. The minimum Gasteiger partial charge on any atom is -0.447 e. The molecule has 2 aromatic carbocycles. The first-order valence-electron chi connectivity index (χ1n) is 10.7. The molecule has 3 rings (SSSR count). The fourth-order valence-electron chi connectivity index (χ4n) is 3.30. The lowest BCUT2D eigenvalue weighted by Gasteiger charge is -2.32. The van der Waals surface area contributed by atoms with E-state index in [0.717, 1.165) is 23.5 Å². The molecular formula is C23H24ClF3N4O4S. The van der Waals surface area contributed by atoms with Gasteiger partial charge in [0.1, 0.15) is 12.4 Å². The number of carbonyl (C=O) groups is 2. The van der Waals surface area contributed by atoms with Crippen molar-refractivity contribution >= 4 is 50.4 Å². The number of fused-ring (bicyclic) bond motifs is 1. The second-order valence-electron chi connectivity index (χ2n) is 8.63. The predicted octanol–water partition coefficient (Wildman–Crippen LogP) is 5.29. The fourth-order valence-corrected chi connectivity index (χ4v) is 4.36. The minimum atomic E-state index is -1.21. The molecule has 0 aliphatic heterocycles. The minimum absolute atomic E-state index is 0.0510. The number of halogens is 4. The summed E-state index contributed by atoms with van der Waals surface area (Å²) in [7, 11) is 1.44. The van der Waals surface area contributed by atoms with Gasteiger partial charge < -0.3 is 20.1 Å². The number of likely N-dealkylation sites (N-methyl/N-ethyl adjacent to an activating group) is 1. The lowest BCUT2D eigenvalue weighted by Crippen LogP contribution is -2.48. The maximum Gasteiger partial charge on any atom is 0.413 e. The van der Waals surface area contributed by atoms with E-state index in [4.69, 9.17) is 16.3 Å². The third kappa shape index (κ3) is 7.21. The third-order valence-electron chi connectivity index (χ3n) is 5.11. The van der Waals surface area contributed by atoms with Gasteiger partial charge in [-0.25, -0.2) is 27.7 Å². The number of rotatable bonds is 8. The van der Waals surface area contributed by atoms with Crippen LogP contribution in [-0.2, 0) is 11.3 Å². The highest BCUT2D eigenvalue weighted by Gasteiger charge is 2.28. The van der Waals surface area contributed by atoms with Crippen molar-refractivity contribution in [2.24, 2.45) is 0 Å². The number of amides is 3. The normalized spacial score (nSPS) is 12.3. The molecule has 8 nitrogen and oxygen atoms in total. The van der Waals surface area contributed by atoms with Crippen LogP contribution in [0.2, 0.25) is 5.02 Å². The highest BCUT2D eigenvalue weighted by atomic mass is 35.5. The number of nitrogens with zero attached hydrogens (tertiary/aromatic N) is 2. The van der Waals surface area contributed by atoms with Gasteiger partial charge in [-0.3, -0.25) is 5.32 Å². The average Bonchev–Trinajstić information content (AvgIpc) is 3.17. The molecule has 194 valence electrons. The zero-order chi connectivity index (χ0) is 26.6. The number of carbonyl (C=O) groups excluding carboxylic acids is 2. The van der Waals surface area contributed by atoms with Crippen molar-refractivity contribution in [2.45, 2.75) is 38.5 Å². The number of anilines is 1. The molecule has 0 saturated heterocycles. The molecule has 3 N–H and O–H groups in total. The number of hydrogen-bond donors (Lipinski definition) is 3. The summed E-state index contributed by atoms with van der Waals surface area (Å²) < 4.78 is 46.4. The number of ether oxygens (including phenoxy) is 1. The van der Waals surface area contributed by atoms with Gasteiger partial charge in [-0.2, -0.15) is 0 Å². The SMILES string of the molecule is CN(C(=O)NCc1cccc(Cl)c1F)[C@H](COC(=O)Nc1nc2cc(F)c(F)cc2s1)CC(C)(C)O. The molecule has 0 bridgehead atoms. The Bertz CT molecular complexity index is 1230. The Hall–Kier alpha value is -3.09. The van der Waals surface area contributed by atoms with Crippen LogP contribution in [-0.4, -0.2) is 52.4 Å². The van der Waals surface area contributed by atoms with Gasteiger partial charge in [-0.1, -0.05) is 35.1 Å². The number of nitrogens with one attached hydrogen (secondary N) is 2. The Balaban J connectivity index is 1.62. The zero-order valence-electron chi connectivity index (χ0n) is 19.6. The van der Waals surface area contributed by atoms with E-state index in [2.05, 4.69) is 15.6 Å². The topological polar surface area (TPSA) is 104 Å². The summed E-state index contributed by atoms with van der Waals surface area (Å²) >= 11 is 6.69. The Kier molecular flexibility index (Phi) is 8.64. The number of urea groups is 1. The van der Waals surface area contributed by atoms with Gasteiger partial charge in [-0.15, -0.1) is 0 Å². The summed E-state index contributed by atoms with van der Waals surface area (Å²) in [5, 5.41) is 15.2. The van der Waals surface area contributed by atoms with Crippen LogP contribution in [0.25, 0.3) is 10.2 Å². The first-order valence-corrected chi connectivity index (χ1v) is 11.9. The molecule has 0 spiro atoms. The summed E-state index contributed by atoms with van der Waals surface area (Å²) in [4.78, 5) is 30.2. The molecule has 0 radical (unpaired) electrons. The summed E-state index contributed by atoms with van der Waals surface area (Å²) in [6.45, 7) is 2.64. The molecular weight excluding hydrogens is 521 g/mol. The molecule has 0 aliphatic carbocycles. The van der Waals surface area contributed by atoms with Gasteiger partial charge in [0.2, 0.25) is 0 Å². The molecule has 1 atom stereocenters. The number of benzene rings is 2. The van der Waals surface area contributed by atoms with Gasteiger partial charge in [0.05, 0.1) is 26.9 Å². The summed E-state index contributed by atoms with van der Waals surface area (Å²) in [5.41, 5.74) is -0.851. The summed E-state index contributed by atoms with van der Waals surface area (Å²) in [5.74, 6) is -2.74. The molecule has 0 fully saturated rings. The van der Waals surface area contributed by atoms with Crippen molar-refractivity contribution in [2.75, 3.05) is 19.0 Å². The third-order valence-corrected chi connectivity index (χ3v) is 6.34. The lowest BCUT2D eigenvalue weighted by atomic mass is 9.99. The zero-order valence-corrected chi connectivity index (χ0v) is 21.1. The van der Waals surface area contributed by atoms with Crippen LogP contribution in [0.1, 0.15) is 25.8 Å². The monoisotopic (exact) mass is 544 g/mol. The van der Waals surface area contributed by atoms with Gasteiger partial charge in [0.15, 0.2) is 16.8 Å². The predicted molar refractivity (Wildman–Crippen MR) is 131 cm³/mol. The van der Waals surface area contributed by atoms with E-state index in [1.807, 2.05) is 0 Å². The first-order chi connectivity index (χ1) is 16.8. The molecule has 3 aromatic rings. The van der Waals surface area contributed by atoms with Crippen LogP contribution < -0.4 is 10.6 Å².